The van der Waals surface area contributed by atoms with Gasteiger partial charge < -0.3 is 20.9 Å². The molecule has 0 bridgehead atoms. The van der Waals surface area contributed by atoms with Gasteiger partial charge in [0.05, 0.1) is 39.7 Å². The summed E-state index contributed by atoms with van der Waals surface area (Å²) in [4.78, 5) is 37.8. The number of aliphatic hydroxyl groups excluding tert-OH is 1. The summed E-state index contributed by atoms with van der Waals surface area (Å²) in [5.74, 6) is -1.38. The van der Waals surface area contributed by atoms with Gasteiger partial charge in [0.2, 0.25) is 0 Å². The lowest BCUT2D eigenvalue weighted by Gasteiger charge is -2.19. The largest absolute Gasteiger partial charge is 0.462 e. The van der Waals surface area contributed by atoms with Crippen LogP contribution < -0.4 is 16.6 Å². The minimum Gasteiger partial charge on any atom is -0.462 e. The van der Waals surface area contributed by atoms with E-state index in [4.69, 9.17) is 38.8 Å². The van der Waals surface area contributed by atoms with E-state index in [0.29, 0.717) is 16.7 Å². The van der Waals surface area contributed by atoms with E-state index in [1.54, 1.807) is 30.3 Å². The van der Waals surface area contributed by atoms with E-state index in [-0.39, 0.29) is 46.5 Å². The maximum atomic E-state index is 12.8. The standard InChI is InChI=1S/C23H22Cl2N4O5/c1-29-22(32)19(17(26)12-27-29)14-7-5-13(6-8-14)11-18(23(33)34-10-9-30)28-21(31)20-15(24)3-2-4-16(20)25/h2-8,12,18,30H,9-11,26H2,1H3,(H,28,31)/t18-/m0/s1. The number of benzene rings is 2. The second-order valence-corrected chi connectivity index (χ2v) is 8.13. The van der Waals surface area contributed by atoms with Crippen LogP contribution in [0, 0.1) is 0 Å². The third-order valence-corrected chi connectivity index (χ3v) is 5.59. The number of nitrogens with two attached hydrogens (primary N) is 1. The van der Waals surface area contributed by atoms with Gasteiger partial charge >= 0.3 is 5.97 Å². The van der Waals surface area contributed by atoms with Crippen molar-refractivity contribution >= 4 is 40.8 Å². The Morgan fingerprint density at radius 2 is 1.82 bits per heavy atom. The van der Waals surface area contributed by atoms with Gasteiger partial charge in [-0.1, -0.05) is 53.5 Å². The van der Waals surface area contributed by atoms with Crippen molar-refractivity contribution in [2.75, 3.05) is 18.9 Å². The van der Waals surface area contributed by atoms with E-state index in [1.807, 2.05) is 0 Å². The van der Waals surface area contributed by atoms with E-state index in [9.17, 15) is 14.4 Å². The number of amides is 1. The SMILES string of the molecule is Cn1ncc(N)c(-c2ccc(C[C@H](NC(=O)c3c(Cl)cccc3Cl)C(=O)OCCO)cc2)c1=O. The first kappa shape index (κ1) is 25.2. The molecule has 3 aromatic rings. The molecule has 9 nitrogen and oxygen atoms in total. The number of anilines is 1. The van der Waals surface area contributed by atoms with Crippen molar-refractivity contribution in [3.05, 3.63) is 80.2 Å². The number of rotatable bonds is 8. The van der Waals surface area contributed by atoms with E-state index in [0.717, 1.165) is 0 Å². The predicted molar refractivity (Wildman–Crippen MR) is 129 cm³/mol. The van der Waals surface area contributed by atoms with Crippen LogP contribution in [0.3, 0.4) is 0 Å². The van der Waals surface area contributed by atoms with Crippen molar-refractivity contribution in [3.8, 4) is 11.1 Å². The Balaban J connectivity index is 1.85. The van der Waals surface area contributed by atoms with E-state index in [2.05, 4.69) is 10.4 Å². The molecule has 0 saturated carbocycles. The number of aliphatic hydroxyl groups is 1. The number of aromatic nitrogens is 2. The first-order valence-electron chi connectivity index (χ1n) is 10.2. The summed E-state index contributed by atoms with van der Waals surface area (Å²) < 4.78 is 6.21. The van der Waals surface area contributed by atoms with Gasteiger partial charge in [-0.15, -0.1) is 0 Å². The van der Waals surface area contributed by atoms with Crippen molar-refractivity contribution in [2.45, 2.75) is 12.5 Å². The van der Waals surface area contributed by atoms with Crippen molar-refractivity contribution in [1.29, 1.82) is 0 Å². The second-order valence-electron chi connectivity index (χ2n) is 7.32. The predicted octanol–water partition coefficient (Wildman–Crippen LogP) is 2.21. The number of nitrogen functional groups attached to an aromatic ring is 1. The maximum Gasteiger partial charge on any atom is 0.329 e. The fraction of sp³-hybridized carbons (Fsp3) is 0.217. The van der Waals surface area contributed by atoms with Gasteiger partial charge in [0.1, 0.15) is 12.6 Å². The first-order chi connectivity index (χ1) is 16.2. The van der Waals surface area contributed by atoms with Crippen LogP contribution in [0.1, 0.15) is 15.9 Å². The molecule has 34 heavy (non-hydrogen) atoms. The molecule has 0 saturated heterocycles. The third-order valence-electron chi connectivity index (χ3n) is 4.96. The number of carbonyl (C=O) groups is 2. The summed E-state index contributed by atoms with van der Waals surface area (Å²) in [6.07, 6.45) is 1.47. The fourth-order valence-corrected chi connectivity index (χ4v) is 3.84. The molecule has 11 heteroatoms. The molecule has 1 atom stereocenters. The Kier molecular flexibility index (Phi) is 8.27. The molecule has 1 amide bonds. The van der Waals surface area contributed by atoms with E-state index in [1.165, 1.54) is 30.1 Å². The average molecular weight is 505 g/mol. The topological polar surface area (TPSA) is 137 Å². The molecule has 0 fully saturated rings. The Morgan fingerprint density at radius 3 is 2.44 bits per heavy atom. The molecule has 0 unspecified atom stereocenters. The summed E-state index contributed by atoms with van der Waals surface area (Å²) in [6.45, 7) is -0.582. The zero-order valence-electron chi connectivity index (χ0n) is 18.1. The first-order valence-corrected chi connectivity index (χ1v) is 10.9. The second kappa shape index (κ2) is 11.1. The lowest BCUT2D eigenvalue weighted by atomic mass is 10.0. The van der Waals surface area contributed by atoms with Crippen LogP contribution >= 0.6 is 23.2 Å². The third kappa shape index (κ3) is 5.74. The van der Waals surface area contributed by atoms with Crippen LogP contribution in [0.2, 0.25) is 10.0 Å². The Hall–Kier alpha value is -3.40. The van der Waals surface area contributed by atoms with Gasteiger partial charge in [-0.05, 0) is 23.3 Å². The summed E-state index contributed by atoms with van der Waals surface area (Å²) in [5.41, 5.74) is 7.42. The molecule has 3 rings (SSSR count). The molecule has 0 aliphatic carbocycles. The van der Waals surface area contributed by atoms with Crippen LogP contribution in [0.15, 0.2) is 53.5 Å². The van der Waals surface area contributed by atoms with Gasteiger partial charge in [0, 0.05) is 13.5 Å². The molecule has 2 aromatic carbocycles. The molecular formula is C23H22Cl2N4O5. The van der Waals surface area contributed by atoms with E-state index < -0.39 is 17.9 Å². The van der Waals surface area contributed by atoms with Gasteiger partial charge in [0.25, 0.3) is 11.5 Å². The van der Waals surface area contributed by atoms with Crippen molar-refractivity contribution < 1.29 is 19.4 Å². The molecule has 1 heterocycles. The molecular weight excluding hydrogens is 483 g/mol. The number of halogens is 2. The lowest BCUT2D eigenvalue weighted by molar-refractivity contribution is -0.146. The normalized spacial score (nSPS) is 11.6. The number of carbonyl (C=O) groups excluding carboxylic acids is 2. The highest BCUT2D eigenvalue weighted by Gasteiger charge is 2.25. The van der Waals surface area contributed by atoms with Gasteiger partial charge in [0.15, 0.2) is 0 Å². The van der Waals surface area contributed by atoms with Crippen LogP contribution in [0.5, 0.6) is 0 Å². The molecule has 0 spiro atoms. The van der Waals surface area contributed by atoms with Crippen molar-refractivity contribution in [1.82, 2.24) is 15.1 Å². The average Bonchev–Trinajstić information content (AvgIpc) is 2.80. The zero-order valence-corrected chi connectivity index (χ0v) is 19.6. The monoisotopic (exact) mass is 504 g/mol. The van der Waals surface area contributed by atoms with Gasteiger partial charge in [-0.25, -0.2) is 9.48 Å². The van der Waals surface area contributed by atoms with Crippen LogP contribution in [-0.4, -0.2) is 46.0 Å². The summed E-state index contributed by atoms with van der Waals surface area (Å²) >= 11 is 12.2. The summed E-state index contributed by atoms with van der Waals surface area (Å²) in [6, 6.07) is 10.3. The fourth-order valence-electron chi connectivity index (χ4n) is 3.27. The smallest absolute Gasteiger partial charge is 0.329 e. The highest BCUT2D eigenvalue weighted by molar-refractivity contribution is 6.39. The Labute approximate surface area is 205 Å². The number of esters is 1. The van der Waals surface area contributed by atoms with Crippen LogP contribution in [-0.2, 0) is 23.0 Å². The molecule has 0 aliphatic heterocycles. The highest BCUT2D eigenvalue weighted by Crippen LogP contribution is 2.25. The Morgan fingerprint density at radius 1 is 1.18 bits per heavy atom. The maximum absolute atomic E-state index is 12.8. The highest BCUT2D eigenvalue weighted by atomic mass is 35.5. The van der Waals surface area contributed by atoms with Crippen molar-refractivity contribution in [2.24, 2.45) is 7.05 Å². The number of nitrogens with one attached hydrogen (secondary N) is 1. The van der Waals surface area contributed by atoms with Gasteiger partial charge in [-0.2, -0.15) is 5.10 Å². The summed E-state index contributed by atoms with van der Waals surface area (Å²) in [5, 5.41) is 15.7. The quantitative estimate of drug-likeness (QED) is 0.400. The van der Waals surface area contributed by atoms with Gasteiger partial charge in [-0.3, -0.25) is 9.59 Å². The number of ether oxygens (including phenoxy) is 1. The molecule has 0 aliphatic rings. The molecule has 1 aromatic heterocycles. The van der Waals surface area contributed by atoms with Crippen LogP contribution in [0.4, 0.5) is 5.69 Å². The molecule has 0 radical (unpaired) electrons. The zero-order chi connectivity index (χ0) is 24.8. The minimum atomic E-state index is -1.09. The van der Waals surface area contributed by atoms with Crippen molar-refractivity contribution in [3.63, 3.8) is 0 Å². The number of hydrogen-bond donors (Lipinski definition) is 3. The lowest BCUT2D eigenvalue weighted by Crippen LogP contribution is -2.43. The number of aryl methyl sites for hydroxylation is 1. The van der Waals surface area contributed by atoms with E-state index >= 15 is 0 Å². The number of nitrogens with zero attached hydrogens (tertiary/aromatic N) is 2. The minimum absolute atomic E-state index is 0.0325. The number of hydrogen-bond acceptors (Lipinski definition) is 7. The van der Waals surface area contributed by atoms with Crippen LogP contribution in [0.25, 0.3) is 11.1 Å². The summed E-state index contributed by atoms with van der Waals surface area (Å²) in [7, 11) is 1.52. The molecule has 4 N–H and O–H groups in total. The Bertz CT molecular complexity index is 1240. The molecule has 178 valence electrons.